The van der Waals surface area contributed by atoms with Crippen LogP contribution in [0.2, 0.25) is 0 Å². The fourth-order valence-corrected chi connectivity index (χ4v) is 4.62. The minimum Gasteiger partial charge on any atom is -0.342 e. The molecule has 1 aliphatic heterocycles. The second kappa shape index (κ2) is 4.29. The summed E-state index contributed by atoms with van der Waals surface area (Å²) in [6.45, 7) is 6.60. The minimum atomic E-state index is 0.395. The van der Waals surface area contributed by atoms with Crippen LogP contribution in [0.25, 0.3) is 0 Å². The lowest BCUT2D eigenvalue weighted by Gasteiger charge is -2.37. The van der Waals surface area contributed by atoms with E-state index in [9.17, 15) is 4.79 Å². The standard InChI is InChI=1S/C15H25NO/c1-10-5-11(2)9-16(8-10)15(17)14-7-12-3-4-13(14)6-12/h10-14H,3-9H2,1-2H3. The maximum Gasteiger partial charge on any atom is 0.225 e. The molecule has 0 aromatic heterocycles. The van der Waals surface area contributed by atoms with Crippen LogP contribution in [0.4, 0.5) is 0 Å². The number of likely N-dealkylation sites (tertiary alicyclic amines) is 1. The van der Waals surface area contributed by atoms with Crippen LogP contribution in [0, 0.1) is 29.6 Å². The van der Waals surface area contributed by atoms with Gasteiger partial charge < -0.3 is 4.90 Å². The topological polar surface area (TPSA) is 20.3 Å². The van der Waals surface area contributed by atoms with Gasteiger partial charge in [0.15, 0.2) is 0 Å². The molecule has 2 heteroatoms. The first kappa shape index (κ1) is 11.6. The second-order valence-electron chi connectivity index (χ2n) is 6.97. The zero-order valence-corrected chi connectivity index (χ0v) is 11.2. The number of hydrogen-bond acceptors (Lipinski definition) is 1. The normalized spacial score (nSPS) is 45.3. The highest BCUT2D eigenvalue weighted by molar-refractivity contribution is 5.79. The molecule has 0 aromatic rings. The molecule has 3 aliphatic rings. The monoisotopic (exact) mass is 235 g/mol. The largest absolute Gasteiger partial charge is 0.342 e. The zero-order chi connectivity index (χ0) is 12.0. The Morgan fingerprint density at radius 3 is 2.24 bits per heavy atom. The smallest absolute Gasteiger partial charge is 0.225 e. The van der Waals surface area contributed by atoms with E-state index in [1.54, 1.807) is 0 Å². The molecule has 5 unspecified atom stereocenters. The number of piperidine rings is 1. The van der Waals surface area contributed by atoms with E-state index in [2.05, 4.69) is 18.7 Å². The van der Waals surface area contributed by atoms with Gasteiger partial charge in [-0.1, -0.05) is 20.3 Å². The van der Waals surface area contributed by atoms with Crippen molar-refractivity contribution in [1.82, 2.24) is 4.90 Å². The van der Waals surface area contributed by atoms with E-state index >= 15 is 0 Å². The Kier molecular flexibility index (Phi) is 2.92. The maximum absolute atomic E-state index is 12.6. The van der Waals surface area contributed by atoms with E-state index < -0.39 is 0 Å². The summed E-state index contributed by atoms with van der Waals surface area (Å²) in [6, 6.07) is 0. The van der Waals surface area contributed by atoms with Gasteiger partial charge in [0.05, 0.1) is 0 Å². The molecule has 3 fully saturated rings. The molecule has 5 atom stereocenters. The molecule has 0 aromatic carbocycles. The third-order valence-corrected chi connectivity index (χ3v) is 5.24. The van der Waals surface area contributed by atoms with Crippen LogP contribution in [-0.2, 0) is 4.79 Å². The van der Waals surface area contributed by atoms with E-state index in [0.717, 1.165) is 24.9 Å². The SMILES string of the molecule is CC1CC(C)CN(C(=O)C2CC3CCC2C3)C1. The maximum atomic E-state index is 12.6. The Labute approximate surface area is 105 Å². The van der Waals surface area contributed by atoms with Crippen LogP contribution >= 0.6 is 0 Å². The van der Waals surface area contributed by atoms with Crippen molar-refractivity contribution in [1.29, 1.82) is 0 Å². The third kappa shape index (κ3) is 2.11. The van der Waals surface area contributed by atoms with Gasteiger partial charge in [-0.2, -0.15) is 0 Å². The fraction of sp³-hybridized carbons (Fsp3) is 0.933. The number of carbonyl (C=O) groups excluding carboxylic acids is 1. The second-order valence-corrected chi connectivity index (χ2v) is 6.97. The van der Waals surface area contributed by atoms with E-state index in [4.69, 9.17) is 0 Å². The third-order valence-electron chi connectivity index (χ3n) is 5.24. The molecule has 1 heterocycles. The van der Waals surface area contributed by atoms with Crippen LogP contribution in [0.1, 0.15) is 46.0 Å². The number of nitrogens with zero attached hydrogens (tertiary/aromatic N) is 1. The average Bonchev–Trinajstić information content (AvgIpc) is 2.88. The lowest BCUT2D eigenvalue weighted by Crippen LogP contribution is -2.46. The first-order chi connectivity index (χ1) is 8.13. The van der Waals surface area contributed by atoms with Crippen molar-refractivity contribution < 1.29 is 4.79 Å². The van der Waals surface area contributed by atoms with Crippen LogP contribution in [-0.4, -0.2) is 23.9 Å². The number of rotatable bonds is 1. The predicted molar refractivity (Wildman–Crippen MR) is 68.5 cm³/mol. The summed E-state index contributed by atoms with van der Waals surface area (Å²) in [5.41, 5.74) is 0. The molecule has 96 valence electrons. The lowest BCUT2D eigenvalue weighted by atomic mass is 9.85. The van der Waals surface area contributed by atoms with Gasteiger partial charge >= 0.3 is 0 Å². The molecule has 2 bridgehead atoms. The molecule has 0 N–H and O–H groups in total. The van der Waals surface area contributed by atoms with Gasteiger partial charge in [-0.25, -0.2) is 0 Å². The predicted octanol–water partition coefficient (Wildman–Crippen LogP) is 2.93. The van der Waals surface area contributed by atoms with Crippen molar-refractivity contribution in [2.45, 2.75) is 46.0 Å². The van der Waals surface area contributed by atoms with Gasteiger partial charge in [0.1, 0.15) is 0 Å². The van der Waals surface area contributed by atoms with Gasteiger partial charge in [-0.05, 0) is 49.4 Å². The van der Waals surface area contributed by atoms with E-state index in [0.29, 0.717) is 23.7 Å². The van der Waals surface area contributed by atoms with Crippen LogP contribution in [0.5, 0.6) is 0 Å². The number of carbonyl (C=O) groups is 1. The van der Waals surface area contributed by atoms with E-state index in [1.807, 2.05) is 0 Å². The fourth-order valence-electron chi connectivity index (χ4n) is 4.62. The first-order valence-corrected chi connectivity index (χ1v) is 7.42. The van der Waals surface area contributed by atoms with Crippen molar-refractivity contribution in [3.05, 3.63) is 0 Å². The Morgan fingerprint density at radius 1 is 1.00 bits per heavy atom. The van der Waals surface area contributed by atoms with Gasteiger partial charge in [0, 0.05) is 19.0 Å². The van der Waals surface area contributed by atoms with E-state index in [1.165, 1.54) is 32.1 Å². The summed E-state index contributed by atoms with van der Waals surface area (Å²) >= 11 is 0. The highest BCUT2D eigenvalue weighted by Crippen LogP contribution is 2.49. The molecule has 17 heavy (non-hydrogen) atoms. The minimum absolute atomic E-state index is 0.395. The summed E-state index contributed by atoms with van der Waals surface area (Å²) in [5.74, 6) is 3.90. The highest BCUT2D eigenvalue weighted by Gasteiger charge is 2.44. The van der Waals surface area contributed by atoms with Crippen molar-refractivity contribution in [3.8, 4) is 0 Å². The van der Waals surface area contributed by atoms with Crippen LogP contribution in [0.15, 0.2) is 0 Å². The molecular formula is C15H25NO. The van der Waals surface area contributed by atoms with Crippen LogP contribution in [0.3, 0.4) is 0 Å². The molecule has 2 nitrogen and oxygen atoms in total. The Hall–Kier alpha value is -0.530. The van der Waals surface area contributed by atoms with Gasteiger partial charge in [-0.3, -0.25) is 4.79 Å². The number of fused-ring (bicyclic) bond motifs is 2. The summed E-state index contributed by atoms with van der Waals surface area (Å²) < 4.78 is 0. The van der Waals surface area contributed by atoms with Crippen molar-refractivity contribution in [2.75, 3.05) is 13.1 Å². The molecular weight excluding hydrogens is 210 g/mol. The van der Waals surface area contributed by atoms with E-state index in [-0.39, 0.29) is 0 Å². The molecule has 1 amide bonds. The summed E-state index contributed by atoms with van der Waals surface area (Å²) in [6.07, 6.45) is 6.54. The summed E-state index contributed by atoms with van der Waals surface area (Å²) in [4.78, 5) is 14.8. The van der Waals surface area contributed by atoms with Gasteiger partial charge in [0.25, 0.3) is 0 Å². The first-order valence-electron chi connectivity index (χ1n) is 7.42. The summed E-state index contributed by atoms with van der Waals surface area (Å²) in [7, 11) is 0. The molecule has 0 spiro atoms. The molecule has 3 rings (SSSR count). The summed E-state index contributed by atoms with van der Waals surface area (Å²) in [5, 5.41) is 0. The number of hydrogen-bond donors (Lipinski definition) is 0. The van der Waals surface area contributed by atoms with Crippen molar-refractivity contribution >= 4 is 5.91 Å². The molecule has 2 aliphatic carbocycles. The highest BCUT2D eigenvalue weighted by atomic mass is 16.2. The van der Waals surface area contributed by atoms with Gasteiger partial charge in [-0.15, -0.1) is 0 Å². The average molecular weight is 235 g/mol. The van der Waals surface area contributed by atoms with Gasteiger partial charge in [0.2, 0.25) is 5.91 Å². The number of amides is 1. The van der Waals surface area contributed by atoms with Crippen molar-refractivity contribution in [3.63, 3.8) is 0 Å². The van der Waals surface area contributed by atoms with Crippen LogP contribution < -0.4 is 0 Å². The lowest BCUT2D eigenvalue weighted by molar-refractivity contribution is -0.140. The Balaban J connectivity index is 1.65. The van der Waals surface area contributed by atoms with Crippen molar-refractivity contribution in [2.24, 2.45) is 29.6 Å². The quantitative estimate of drug-likeness (QED) is 0.684. The Morgan fingerprint density at radius 2 is 1.71 bits per heavy atom. The molecule has 2 saturated carbocycles. The molecule has 1 saturated heterocycles. The molecule has 0 radical (unpaired) electrons. The Bertz CT molecular complexity index is 304. The zero-order valence-electron chi connectivity index (χ0n) is 11.2.